The van der Waals surface area contributed by atoms with Gasteiger partial charge < -0.3 is 10.5 Å². The number of alkyl halides is 6. The summed E-state index contributed by atoms with van der Waals surface area (Å²) in [4.78, 5) is 11.1. The van der Waals surface area contributed by atoms with Gasteiger partial charge in [-0.2, -0.15) is 26.3 Å². The Labute approximate surface area is 113 Å². The van der Waals surface area contributed by atoms with Crippen molar-refractivity contribution in [3.8, 4) is 0 Å². The summed E-state index contributed by atoms with van der Waals surface area (Å²) in [6, 6.07) is -2.66. The number of ether oxygens (including phenoxy) is 1. The lowest BCUT2D eigenvalue weighted by atomic mass is 9.96. The zero-order valence-corrected chi connectivity index (χ0v) is 10.3. The Bertz CT molecular complexity index is 551. The van der Waals surface area contributed by atoms with Crippen LogP contribution in [0.2, 0.25) is 0 Å². The molecule has 0 unspecified atom stereocenters. The number of carbonyl (C=O) groups excluding carboxylic acids is 1. The fourth-order valence-corrected chi connectivity index (χ4v) is 1.58. The third-order valence-corrected chi connectivity index (χ3v) is 2.53. The first kappa shape index (κ1) is 17.2. The topological polar surface area (TPSA) is 52.3 Å². The zero-order chi connectivity index (χ0) is 16.6. The van der Waals surface area contributed by atoms with E-state index in [1.807, 2.05) is 0 Å². The number of rotatable bonds is 2. The maximum atomic E-state index is 13.6. The van der Waals surface area contributed by atoms with Gasteiger partial charge in [-0.1, -0.05) is 0 Å². The van der Waals surface area contributed by atoms with E-state index in [1.54, 1.807) is 0 Å². The Morgan fingerprint density at radius 3 is 2.05 bits per heavy atom. The molecule has 0 aliphatic carbocycles. The van der Waals surface area contributed by atoms with Crippen molar-refractivity contribution in [2.24, 2.45) is 5.73 Å². The number of benzene rings is 1. The molecule has 21 heavy (non-hydrogen) atoms. The first-order valence-corrected chi connectivity index (χ1v) is 5.20. The number of halogens is 7. The van der Waals surface area contributed by atoms with Gasteiger partial charge in [0.25, 0.3) is 0 Å². The van der Waals surface area contributed by atoms with Crippen molar-refractivity contribution in [3.63, 3.8) is 0 Å². The Morgan fingerprint density at radius 2 is 1.67 bits per heavy atom. The molecular formula is C11H8F7NO2. The maximum Gasteiger partial charge on any atom is 0.416 e. The second-order valence-corrected chi connectivity index (χ2v) is 3.92. The molecule has 0 aliphatic rings. The fraction of sp³-hybridized carbons (Fsp3) is 0.364. The number of esters is 1. The minimum Gasteiger partial charge on any atom is -0.468 e. The molecule has 1 atom stereocenters. The van der Waals surface area contributed by atoms with Gasteiger partial charge in [0.2, 0.25) is 0 Å². The van der Waals surface area contributed by atoms with Crippen LogP contribution in [0.5, 0.6) is 0 Å². The van der Waals surface area contributed by atoms with Crippen LogP contribution in [0.15, 0.2) is 12.1 Å². The molecule has 0 heterocycles. The molecule has 0 saturated carbocycles. The quantitative estimate of drug-likeness (QED) is 0.673. The Balaban J connectivity index is 3.61. The lowest BCUT2D eigenvalue weighted by molar-refractivity contribution is -0.145. The minimum absolute atomic E-state index is 0.159. The Kier molecular flexibility index (Phi) is 4.51. The van der Waals surface area contributed by atoms with Gasteiger partial charge in [0.15, 0.2) is 0 Å². The minimum atomic E-state index is -5.33. The first-order chi connectivity index (χ1) is 9.39. The molecule has 10 heteroatoms. The fourth-order valence-electron chi connectivity index (χ4n) is 1.58. The highest BCUT2D eigenvalue weighted by atomic mass is 19.4. The summed E-state index contributed by atoms with van der Waals surface area (Å²) in [6.07, 6.45) is -10.5. The molecule has 0 radical (unpaired) electrons. The van der Waals surface area contributed by atoms with E-state index in [0.717, 1.165) is 7.11 Å². The zero-order valence-electron chi connectivity index (χ0n) is 10.3. The summed E-state index contributed by atoms with van der Waals surface area (Å²) < 4.78 is 93.4. The largest absolute Gasteiger partial charge is 0.468 e. The normalized spacial score (nSPS) is 14.0. The molecule has 0 spiro atoms. The molecule has 1 aromatic rings. The molecule has 1 rings (SSSR count). The second-order valence-electron chi connectivity index (χ2n) is 3.92. The van der Waals surface area contributed by atoms with Crippen LogP contribution in [0.1, 0.15) is 22.7 Å². The number of hydrogen-bond acceptors (Lipinski definition) is 3. The monoisotopic (exact) mass is 319 g/mol. The van der Waals surface area contributed by atoms with E-state index in [9.17, 15) is 35.5 Å². The molecular weight excluding hydrogens is 311 g/mol. The first-order valence-electron chi connectivity index (χ1n) is 5.20. The summed E-state index contributed by atoms with van der Waals surface area (Å²) >= 11 is 0. The van der Waals surface area contributed by atoms with Crippen molar-refractivity contribution < 1.29 is 40.3 Å². The predicted molar refractivity (Wildman–Crippen MR) is 55.3 cm³/mol. The number of nitrogens with two attached hydrogens (primary N) is 1. The van der Waals surface area contributed by atoms with Crippen molar-refractivity contribution >= 4 is 5.97 Å². The van der Waals surface area contributed by atoms with Gasteiger partial charge in [-0.3, -0.25) is 4.79 Å². The van der Waals surface area contributed by atoms with Crippen LogP contribution in [0.25, 0.3) is 0 Å². The van der Waals surface area contributed by atoms with Gasteiger partial charge in [0.05, 0.1) is 18.2 Å². The van der Waals surface area contributed by atoms with Crippen LogP contribution in [0.4, 0.5) is 30.7 Å². The maximum absolute atomic E-state index is 13.6. The van der Waals surface area contributed by atoms with Crippen molar-refractivity contribution in [3.05, 3.63) is 34.6 Å². The third kappa shape index (κ3) is 3.63. The van der Waals surface area contributed by atoms with Crippen LogP contribution in [0, 0.1) is 5.82 Å². The van der Waals surface area contributed by atoms with Gasteiger partial charge in [-0.05, 0) is 12.1 Å². The molecule has 0 saturated heterocycles. The SMILES string of the molecule is COC(=O)[C@@H](N)c1c(F)cc(C(F)(F)F)cc1C(F)(F)F. The number of methoxy groups -OCH3 is 1. The van der Waals surface area contributed by atoms with Gasteiger partial charge in [-0.15, -0.1) is 0 Å². The Morgan fingerprint density at radius 1 is 1.14 bits per heavy atom. The Hall–Kier alpha value is -1.84. The highest BCUT2D eigenvalue weighted by molar-refractivity contribution is 5.78. The van der Waals surface area contributed by atoms with E-state index in [4.69, 9.17) is 5.73 Å². The van der Waals surface area contributed by atoms with E-state index in [0.29, 0.717) is 0 Å². The average Bonchev–Trinajstić information content (AvgIpc) is 2.33. The van der Waals surface area contributed by atoms with Crippen LogP contribution in [-0.4, -0.2) is 13.1 Å². The van der Waals surface area contributed by atoms with Gasteiger partial charge in [0.1, 0.15) is 11.9 Å². The molecule has 3 nitrogen and oxygen atoms in total. The molecule has 0 bridgehead atoms. The van der Waals surface area contributed by atoms with Gasteiger partial charge in [0, 0.05) is 5.56 Å². The smallest absolute Gasteiger partial charge is 0.416 e. The van der Waals surface area contributed by atoms with E-state index in [-0.39, 0.29) is 12.1 Å². The molecule has 0 fully saturated rings. The van der Waals surface area contributed by atoms with Crippen LogP contribution in [-0.2, 0) is 21.9 Å². The van der Waals surface area contributed by atoms with Crippen LogP contribution in [0.3, 0.4) is 0 Å². The number of carbonyl (C=O) groups is 1. The van der Waals surface area contributed by atoms with Crippen molar-refractivity contribution in [2.45, 2.75) is 18.4 Å². The van der Waals surface area contributed by atoms with Crippen molar-refractivity contribution in [1.82, 2.24) is 0 Å². The summed E-state index contributed by atoms with van der Waals surface area (Å²) in [7, 11) is 0.789. The molecule has 0 amide bonds. The highest BCUT2D eigenvalue weighted by Crippen LogP contribution is 2.40. The summed E-state index contributed by atoms with van der Waals surface area (Å²) in [6.45, 7) is 0. The van der Waals surface area contributed by atoms with Crippen LogP contribution >= 0.6 is 0 Å². The second kappa shape index (κ2) is 5.51. The molecule has 0 aromatic heterocycles. The summed E-state index contributed by atoms with van der Waals surface area (Å²) in [5.74, 6) is -3.31. The molecule has 0 aliphatic heterocycles. The third-order valence-electron chi connectivity index (χ3n) is 2.53. The van der Waals surface area contributed by atoms with E-state index >= 15 is 0 Å². The lowest BCUT2D eigenvalue weighted by Gasteiger charge is -2.19. The molecule has 1 aromatic carbocycles. The van der Waals surface area contributed by atoms with Crippen LogP contribution < -0.4 is 5.73 Å². The number of hydrogen-bond donors (Lipinski definition) is 1. The predicted octanol–water partition coefficient (Wildman–Crippen LogP) is 3.04. The lowest BCUT2D eigenvalue weighted by Crippen LogP contribution is -2.28. The van der Waals surface area contributed by atoms with E-state index in [1.165, 1.54) is 0 Å². The summed E-state index contributed by atoms with van der Waals surface area (Å²) in [5.41, 5.74) is -0.109. The average molecular weight is 319 g/mol. The van der Waals surface area contributed by atoms with Gasteiger partial charge in [-0.25, -0.2) is 4.39 Å². The molecule has 118 valence electrons. The highest BCUT2D eigenvalue weighted by Gasteiger charge is 2.42. The van der Waals surface area contributed by atoms with E-state index in [2.05, 4.69) is 4.74 Å². The molecule has 2 N–H and O–H groups in total. The van der Waals surface area contributed by atoms with Crippen molar-refractivity contribution in [2.75, 3.05) is 7.11 Å². The standard InChI is InChI=1S/C11H8F7NO2/c1-21-9(20)8(19)7-5(11(16,17)18)2-4(3-6(7)12)10(13,14)15/h2-3,8H,19H2,1H3/t8-/m0/s1. The van der Waals surface area contributed by atoms with Crippen molar-refractivity contribution in [1.29, 1.82) is 0 Å². The van der Waals surface area contributed by atoms with Gasteiger partial charge >= 0.3 is 18.3 Å². The summed E-state index contributed by atoms with van der Waals surface area (Å²) in [5, 5.41) is 0. The van der Waals surface area contributed by atoms with E-state index < -0.39 is 46.9 Å².